The summed E-state index contributed by atoms with van der Waals surface area (Å²) in [6.45, 7) is 2.22. The average molecular weight is 310 g/mol. The molecule has 6 nitrogen and oxygen atoms in total. The monoisotopic (exact) mass is 310 g/mol. The first-order valence-corrected chi connectivity index (χ1v) is 7.38. The van der Waals surface area contributed by atoms with Gasteiger partial charge in [0.2, 0.25) is 5.72 Å². The third-order valence-corrected chi connectivity index (χ3v) is 3.71. The van der Waals surface area contributed by atoms with Crippen molar-refractivity contribution in [2.24, 2.45) is 10.9 Å². The first-order chi connectivity index (χ1) is 11.2. The Kier molecular flexibility index (Phi) is 4.10. The van der Waals surface area contributed by atoms with Crippen molar-refractivity contribution in [1.29, 1.82) is 0 Å². The van der Waals surface area contributed by atoms with Gasteiger partial charge < -0.3 is 4.74 Å². The summed E-state index contributed by atoms with van der Waals surface area (Å²) in [5, 5.41) is 5.31. The van der Waals surface area contributed by atoms with Gasteiger partial charge in [0.15, 0.2) is 0 Å². The first-order valence-electron chi connectivity index (χ1n) is 7.38. The van der Waals surface area contributed by atoms with E-state index < -0.39 is 11.8 Å². The van der Waals surface area contributed by atoms with Crippen LogP contribution in [0.15, 0.2) is 65.8 Å². The molecule has 2 amide bonds. The molecule has 1 heterocycles. The van der Waals surface area contributed by atoms with Crippen molar-refractivity contribution < 1.29 is 9.53 Å². The molecule has 1 aliphatic rings. The Morgan fingerprint density at radius 3 is 2.35 bits per heavy atom. The topological polar surface area (TPSA) is 80.0 Å². The summed E-state index contributed by atoms with van der Waals surface area (Å²) in [6.07, 6.45) is 0. The highest BCUT2D eigenvalue weighted by molar-refractivity contribution is 6.09. The van der Waals surface area contributed by atoms with Gasteiger partial charge in [-0.25, -0.2) is 21.1 Å². The van der Waals surface area contributed by atoms with E-state index in [0.29, 0.717) is 12.3 Å². The Morgan fingerprint density at radius 1 is 1.13 bits per heavy atom. The standard InChI is InChI=1S/C17H18N4O2/c1-2-23-17(14-11-7-4-8-12-14)15(13-9-5-3-6-10-13)19-20-16(22)21(17)18/h3-12H,2,18H2,1H3,(H,20,22). The van der Waals surface area contributed by atoms with Crippen molar-refractivity contribution in [1.82, 2.24) is 10.4 Å². The zero-order chi connectivity index (χ0) is 16.3. The number of amides is 2. The second kappa shape index (κ2) is 6.20. The Balaban J connectivity index is 2.24. The van der Waals surface area contributed by atoms with Crippen molar-refractivity contribution in [3.05, 3.63) is 71.8 Å². The number of carbonyl (C=O) groups excluding carboxylic acids is 1. The molecule has 118 valence electrons. The van der Waals surface area contributed by atoms with Crippen molar-refractivity contribution >= 4 is 11.7 Å². The van der Waals surface area contributed by atoms with Crippen LogP contribution in [-0.4, -0.2) is 23.4 Å². The van der Waals surface area contributed by atoms with Crippen LogP contribution in [0.1, 0.15) is 18.1 Å². The molecular formula is C17H18N4O2. The summed E-state index contributed by atoms with van der Waals surface area (Å²) in [7, 11) is 0. The lowest BCUT2D eigenvalue weighted by Crippen LogP contribution is -2.65. The van der Waals surface area contributed by atoms with Crippen LogP contribution in [0.2, 0.25) is 0 Å². The predicted molar refractivity (Wildman–Crippen MR) is 87.3 cm³/mol. The maximum absolute atomic E-state index is 12.1. The fourth-order valence-corrected chi connectivity index (χ4v) is 2.72. The molecule has 0 spiro atoms. The van der Waals surface area contributed by atoms with E-state index in [-0.39, 0.29) is 0 Å². The normalized spacial score (nSPS) is 20.9. The van der Waals surface area contributed by atoms with E-state index in [1.165, 1.54) is 0 Å². The van der Waals surface area contributed by atoms with E-state index in [1.807, 2.05) is 67.6 Å². The van der Waals surface area contributed by atoms with Crippen LogP contribution in [0.4, 0.5) is 4.79 Å². The van der Waals surface area contributed by atoms with Crippen LogP contribution < -0.4 is 11.3 Å². The maximum atomic E-state index is 12.1. The van der Waals surface area contributed by atoms with E-state index >= 15 is 0 Å². The van der Waals surface area contributed by atoms with Crippen LogP contribution in [-0.2, 0) is 10.5 Å². The van der Waals surface area contributed by atoms with Gasteiger partial charge in [-0.15, -0.1) is 0 Å². The number of urea groups is 1. The Morgan fingerprint density at radius 2 is 1.74 bits per heavy atom. The molecule has 0 fully saturated rings. The molecule has 23 heavy (non-hydrogen) atoms. The Labute approximate surface area is 134 Å². The smallest absolute Gasteiger partial charge is 0.345 e. The SMILES string of the molecule is CCOC1(c2ccccc2)C(c2ccccc2)=NNC(=O)N1N. The quantitative estimate of drug-likeness (QED) is 0.671. The number of benzene rings is 2. The van der Waals surface area contributed by atoms with Gasteiger partial charge in [0.25, 0.3) is 0 Å². The molecule has 0 aromatic heterocycles. The molecule has 3 N–H and O–H groups in total. The number of hydrazine groups is 1. The number of hydrogen-bond donors (Lipinski definition) is 2. The highest BCUT2D eigenvalue weighted by atomic mass is 16.5. The summed E-state index contributed by atoms with van der Waals surface area (Å²) >= 11 is 0. The molecule has 1 atom stereocenters. The number of carbonyl (C=O) groups is 1. The number of nitrogens with one attached hydrogen (secondary N) is 1. The summed E-state index contributed by atoms with van der Waals surface area (Å²) in [6, 6.07) is 18.4. The molecule has 3 rings (SSSR count). The molecule has 0 bridgehead atoms. The average Bonchev–Trinajstić information content (AvgIpc) is 2.61. The molecule has 0 aliphatic carbocycles. The van der Waals surface area contributed by atoms with Crippen LogP contribution in [0.5, 0.6) is 0 Å². The van der Waals surface area contributed by atoms with Crippen LogP contribution >= 0.6 is 0 Å². The second-order valence-electron chi connectivity index (χ2n) is 5.06. The molecule has 2 aromatic rings. The van der Waals surface area contributed by atoms with E-state index in [9.17, 15) is 4.79 Å². The molecule has 6 heteroatoms. The number of nitrogens with zero attached hydrogens (tertiary/aromatic N) is 2. The summed E-state index contributed by atoms with van der Waals surface area (Å²) in [4.78, 5) is 12.1. The molecule has 1 aliphatic heterocycles. The van der Waals surface area contributed by atoms with Crippen molar-refractivity contribution in [2.75, 3.05) is 6.61 Å². The molecule has 0 saturated carbocycles. The van der Waals surface area contributed by atoms with Gasteiger partial charge in [0, 0.05) is 17.7 Å². The third-order valence-electron chi connectivity index (χ3n) is 3.71. The molecule has 2 aromatic carbocycles. The van der Waals surface area contributed by atoms with Gasteiger partial charge in [-0.1, -0.05) is 60.7 Å². The predicted octanol–water partition coefficient (Wildman–Crippen LogP) is 2.18. The minimum absolute atomic E-state index is 0.363. The third kappa shape index (κ3) is 2.48. The van der Waals surface area contributed by atoms with E-state index in [4.69, 9.17) is 10.6 Å². The van der Waals surface area contributed by atoms with Crippen molar-refractivity contribution in [3.63, 3.8) is 0 Å². The molecule has 0 radical (unpaired) electrons. The van der Waals surface area contributed by atoms with Crippen LogP contribution in [0.3, 0.4) is 0 Å². The van der Waals surface area contributed by atoms with Crippen LogP contribution in [0.25, 0.3) is 0 Å². The number of ether oxygens (including phenoxy) is 1. The van der Waals surface area contributed by atoms with E-state index in [2.05, 4.69) is 10.5 Å². The number of hydrazone groups is 1. The minimum Gasteiger partial charge on any atom is -0.345 e. The van der Waals surface area contributed by atoms with Gasteiger partial charge in [0.1, 0.15) is 5.71 Å². The van der Waals surface area contributed by atoms with E-state index in [1.54, 1.807) is 0 Å². The fraction of sp³-hybridized carbons (Fsp3) is 0.176. The lowest BCUT2D eigenvalue weighted by Gasteiger charge is -2.43. The zero-order valence-electron chi connectivity index (χ0n) is 12.8. The summed E-state index contributed by atoms with van der Waals surface area (Å²) in [5.41, 5.74) is 3.25. The molecule has 0 saturated heterocycles. The lowest BCUT2D eigenvalue weighted by atomic mass is 9.91. The summed E-state index contributed by atoms with van der Waals surface area (Å²) in [5.74, 6) is 6.12. The first kappa shape index (κ1) is 15.2. The Hall–Kier alpha value is -2.70. The minimum atomic E-state index is -1.28. The van der Waals surface area contributed by atoms with Gasteiger partial charge in [0.05, 0.1) is 0 Å². The largest absolute Gasteiger partial charge is 0.355 e. The number of rotatable bonds is 4. The van der Waals surface area contributed by atoms with Crippen molar-refractivity contribution in [2.45, 2.75) is 12.6 Å². The van der Waals surface area contributed by atoms with Gasteiger partial charge in [-0.05, 0) is 6.92 Å². The van der Waals surface area contributed by atoms with E-state index in [0.717, 1.165) is 16.1 Å². The second-order valence-corrected chi connectivity index (χ2v) is 5.06. The van der Waals surface area contributed by atoms with Crippen LogP contribution in [0, 0.1) is 0 Å². The number of nitrogens with two attached hydrogens (primary N) is 1. The molecular weight excluding hydrogens is 292 g/mol. The lowest BCUT2D eigenvalue weighted by molar-refractivity contribution is -0.0903. The molecule has 1 unspecified atom stereocenters. The fourth-order valence-electron chi connectivity index (χ4n) is 2.72. The zero-order valence-corrected chi connectivity index (χ0v) is 12.8. The number of hydrogen-bond acceptors (Lipinski definition) is 4. The Bertz CT molecular complexity index is 718. The highest BCUT2D eigenvalue weighted by Crippen LogP contribution is 2.34. The van der Waals surface area contributed by atoms with Gasteiger partial charge >= 0.3 is 6.03 Å². The van der Waals surface area contributed by atoms with Gasteiger partial charge in [-0.2, -0.15) is 5.10 Å². The van der Waals surface area contributed by atoms with Crippen molar-refractivity contribution in [3.8, 4) is 0 Å². The summed E-state index contributed by atoms with van der Waals surface area (Å²) < 4.78 is 6.02. The van der Waals surface area contributed by atoms with Gasteiger partial charge in [-0.3, -0.25) is 0 Å². The maximum Gasteiger partial charge on any atom is 0.355 e. The highest BCUT2D eigenvalue weighted by Gasteiger charge is 2.49.